The van der Waals surface area contributed by atoms with Gasteiger partial charge in [0.1, 0.15) is 12.4 Å². The second-order valence-corrected chi connectivity index (χ2v) is 7.38. The minimum absolute atomic E-state index is 0.211. The number of amides is 1. The Kier molecular flexibility index (Phi) is 6.30. The highest BCUT2D eigenvalue weighted by Crippen LogP contribution is 2.21. The fourth-order valence-electron chi connectivity index (χ4n) is 2.09. The summed E-state index contributed by atoms with van der Waals surface area (Å²) in [5.74, 6) is -0.638. The largest absolute Gasteiger partial charge is 0.319 e. The Morgan fingerprint density at radius 2 is 2.14 bits per heavy atom. The van der Waals surface area contributed by atoms with Crippen LogP contribution in [0.1, 0.15) is 4.88 Å². The number of anilines is 1. The molecule has 116 valence electrons. The van der Waals surface area contributed by atoms with E-state index in [9.17, 15) is 9.18 Å². The Hall–Kier alpha value is -1.50. The van der Waals surface area contributed by atoms with Gasteiger partial charge in [0.25, 0.3) is 5.91 Å². The van der Waals surface area contributed by atoms with Gasteiger partial charge < -0.3 is 10.2 Å². The fourth-order valence-corrected chi connectivity index (χ4v) is 3.64. The Bertz CT molecular complexity index is 659. The number of thiophene rings is 1. The molecule has 0 radical (unpaired) electrons. The second-order valence-electron chi connectivity index (χ2n) is 4.83. The summed E-state index contributed by atoms with van der Waals surface area (Å²) in [5, 5.41) is 2.62. The highest BCUT2D eigenvalue weighted by Gasteiger charge is 2.16. The van der Waals surface area contributed by atoms with Crippen LogP contribution in [0, 0.1) is 5.82 Å². The molecule has 0 saturated heterocycles. The van der Waals surface area contributed by atoms with Gasteiger partial charge >= 0.3 is 0 Å². The first-order valence-corrected chi connectivity index (χ1v) is 8.42. The smallest absolute Gasteiger partial charge is 0.279 e. The average Bonchev–Trinajstić information content (AvgIpc) is 2.87. The number of halogens is 2. The van der Waals surface area contributed by atoms with E-state index < -0.39 is 5.82 Å². The molecule has 0 aliphatic heterocycles. The summed E-state index contributed by atoms with van der Waals surface area (Å²) in [5.41, 5.74) is 0.212. The quantitative estimate of drug-likeness (QED) is 0.708. The van der Waals surface area contributed by atoms with Crippen molar-refractivity contribution in [2.45, 2.75) is 6.54 Å². The van der Waals surface area contributed by atoms with Crippen LogP contribution < -0.4 is 10.2 Å². The first kappa shape index (κ1) is 16.9. The van der Waals surface area contributed by atoms with Crippen LogP contribution in [0.4, 0.5) is 10.1 Å². The van der Waals surface area contributed by atoms with Crippen molar-refractivity contribution in [1.82, 2.24) is 0 Å². The summed E-state index contributed by atoms with van der Waals surface area (Å²) in [7, 11) is 0. The summed E-state index contributed by atoms with van der Waals surface area (Å²) < 4.78 is 14.6. The average molecular weight is 384 g/mol. The van der Waals surface area contributed by atoms with Gasteiger partial charge in [-0.05, 0) is 46.3 Å². The number of benzene rings is 1. The molecule has 1 unspecified atom stereocenters. The number of quaternary nitrogens is 1. The molecule has 6 heteroatoms. The standard InChI is InChI=1S/C16H16BrFN2OS/c1-2-9-20(10-12-7-8-15(17)22-12)11-16(21)19-14-6-4-3-5-13(14)18/h2-8H,1,9-11H2,(H,19,21)/p+1. The van der Waals surface area contributed by atoms with Crippen molar-refractivity contribution in [3.63, 3.8) is 0 Å². The van der Waals surface area contributed by atoms with Crippen molar-refractivity contribution in [2.75, 3.05) is 18.4 Å². The van der Waals surface area contributed by atoms with Crippen molar-refractivity contribution < 1.29 is 14.1 Å². The highest BCUT2D eigenvalue weighted by atomic mass is 79.9. The van der Waals surface area contributed by atoms with Crippen LogP contribution in [0.15, 0.2) is 52.8 Å². The van der Waals surface area contributed by atoms with E-state index in [0.717, 1.165) is 15.2 Å². The van der Waals surface area contributed by atoms with Gasteiger partial charge in [0.2, 0.25) is 0 Å². The number of hydrogen-bond acceptors (Lipinski definition) is 2. The third-order valence-electron chi connectivity index (χ3n) is 3.04. The lowest BCUT2D eigenvalue weighted by Gasteiger charge is -2.16. The third kappa shape index (κ3) is 5.05. The van der Waals surface area contributed by atoms with E-state index in [1.165, 1.54) is 10.9 Å². The van der Waals surface area contributed by atoms with Crippen LogP contribution in [0.25, 0.3) is 0 Å². The molecule has 0 bridgehead atoms. The SMILES string of the molecule is C=CC[NH+](CC(=O)Nc1ccccc1F)Cc1ccc(Br)s1. The molecule has 3 nitrogen and oxygen atoms in total. The maximum absolute atomic E-state index is 13.5. The predicted molar refractivity (Wildman–Crippen MR) is 91.6 cm³/mol. The lowest BCUT2D eigenvalue weighted by Crippen LogP contribution is -3.11. The van der Waals surface area contributed by atoms with Gasteiger partial charge in [-0.15, -0.1) is 11.3 Å². The van der Waals surface area contributed by atoms with Crippen LogP contribution in [-0.2, 0) is 11.3 Å². The molecular formula is C16H17BrFN2OS+. The Balaban J connectivity index is 1.96. The number of nitrogens with one attached hydrogen (secondary N) is 2. The summed E-state index contributed by atoms with van der Waals surface area (Å²) >= 11 is 5.08. The second kappa shape index (κ2) is 8.22. The van der Waals surface area contributed by atoms with Crippen LogP contribution in [0.5, 0.6) is 0 Å². The first-order valence-electron chi connectivity index (χ1n) is 6.81. The van der Waals surface area contributed by atoms with E-state index >= 15 is 0 Å². The van der Waals surface area contributed by atoms with Gasteiger partial charge in [0.15, 0.2) is 6.54 Å². The van der Waals surface area contributed by atoms with Crippen LogP contribution >= 0.6 is 27.3 Å². The molecular weight excluding hydrogens is 367 g/mol. The molecule has 1 aromatic carbocycles. The van der Waals surface area contributed by atoms with Crippen molar-refractivity contribution in [3.05, 3.63) is 63.5 Å². The number of carbonyl (C=O) groups is 1. The Morgan fingerprint density at radius 1 is 1.36 bits per heavy atom. The molecule has 0 aliphatic carbocycles. The van der Waals surface area contributed by atoms with Gasteiger partial charge in [-0.3, -0.25) is 4.79 Å². The van der Waals surface area contributed by atoms with Crippen molar-refractivity contribution in [1.29, 1.82) is 0 Å². The molecule has 0 fully saturated rings. The molecule has 0 aliphatic rings. The fraction of sp³-hybridized carbons (Fsp3) is 0.188. The topological polar surface area (TPSA) is 33.5 Å². The van der Waals surface area contributed by atoms with Crippen LogP contribution in [0.3, 0.4) is 0 Å². The van der Waals surface area contributed by atoms with E-state index in [1.54, 1.807) is 35.6 Å². The van der Waals surface area contributed by atoms with Crippen molar-refractivity contribution in [3.8, 4) is 0 Å². The summed E-state index contributed by atoms with van der Waals surface area (Å²) in [6.07, 6.45) is 1.79. The number of hydrogen-bond donors (Lipinski definition) is 2. The van der Waals surface area contributed by atoms with Crippen molar-refractivity contribution >= 4 is 38.9 Å². The van der Waals surface area contributed by atoms with E-state index in [-0.39, 0.29) is 18.1 Å². The molecule has 1 heterocycles. The van der Waals surface area contributed by atoms with E-state index in [0.29, 0.717) is 6.54 Å². The van der Waals surface area contributed by atoms with Crippen molar-refractivity contribution in [2.24, 2.45) is 0 Å². The molecule has 0 spiro atoms. The van der Waals surface area contributed by atoms with Gasteiger partial charge in [-0.2, -0.15) is 0 Å². The first-order chi connectivity index (χ1) is 10.6. The Morgan fingerprint density at radius 3 is 2.77 bits per heavy atom. The Labute approximate surface area is 141 Å². The molecule has 0 saturated carbocycles. The maximum Gasteiger partial charge on any atom is 0.279 e. The van der Waals surface area contributed by atoms with Gasteiger partial charge in [-0.1, -0.05) is 18.7 Å². The van der Waals surface area contributed by atoms with Gasteiger partial charge in [0.05, 0.1) is 20.9 Å². The monoisotopic (exact) mass is 383 g/mol. The minimum atomic E-state index is -0.427. The molecule has 1 atom stereocenters. The number of para-hydroxylation sites is 1. The molecule has 2 aromatic rings. The van der Waals surface area contributed by atoms with Crippen LogP contribution in [-0.4, -0.2) is 19.0 Å². The van der Waals surface area contributed by atoms with E-state index in [1.807, 2.05) is 12.1 Å². The minimum Gasteiger partial charge on any atom is -0.319 e. The van der Waals surface area contributed by atoms with Crippen LogP contribution in [0.2, 0.25) is 0 Å². The predicted octanol–water partition coefficient (Wildman–Crippen LogP) is 2.86. The summed E-state index contributed by atoms with van der Waals surface area (Å²) in [6.45, 7) is 5.39. The van der Waals surface area contributed by atoms with Gasteiger partial charge in [0, 0.05) is 0 Å². The normalized spacial score (nSPS) is 11.9. The summed E-state index contributed by atoms with van der Waals surface area (Å²) in [4.78, 5) is 14.3. The number of rotatable bonds is 7. The molecule has 2 rings (SSSR count). The van der Waals surface area contributed by atoms with Gasteiger partial charge in [-0.25, -0.2) is 4.39 Å². The van der Waals surface area contributed by atoms with E-state index in [4.69, 9.17) is 0 Å². The molecule has 1 amide bonds. The highest BCUT2D eigenvalue weighted by molar-refractivity contribution is 9.11. The molecule has 1 aromatic heterocycles. The maximum atomic E-state index is 13.5. The number of carbonyl (C=O) groups excluding carboxylic acids is 1. The molecule has 2 N–H and O–H groups in total. The zero-order valence-corrected chi connectivity index (χ0v) is 14.3. The lowest BCUT2D eigenvalue weighted by atomic mass is 10.3. The van der Waals surface area contributed by atoms with E-state index in [2.05, 4.69) is 27.8 Å². The third-order valence-corrected chi connectivity index (χ3v) is 4.67. The molecule has 22 heavy (non-hydrogen) atoms. The lowest BCUT2D eigenvalue weighted by molar-refractivity contribution is -0.899. The summed E-state index contributed by atoms with van der Waals surface area (Å²) in [6, 6.07) is 10.2. The zero-order valence-electron chi connectivity index (χ0n) is 11.9. The zero-order chi connectivity index (χ0) is 15.9.